The van der Waals surface area contributed by atoms with Gasteiger partial charge in [-0.2, -0.15) is 0 Å². The van der Waals surface area contributed by atoms with Crippen molar-refractivity contribution in [3.63, 3.8) is 0 Å². The lowest BCUT2D eigenvalue weighted by Gasteiger charge is -2.28. The maximum Gasteiger partial charge on any atom is 0.0823 e. The highest BCUT2D eigenvalue weighted by Crippen LogP contribution is 2.04. The average molecular weight is 204 g/mol. The quantitative estimate of drug-likeness (QED) is 0.615. The molecule has 1 atom stereocenters. The largest absolute Gasteiger partial charge is 0.389 e. The first kappa shape index (κ1) is 13.8. The van der Waals surface area contributed by atoms with E-state index >= 15 is 0 Å². The molecule has 0 amide bonds. The lowest BCUT2D eigenvalue weighted by molar-refractivity contribution is 0.00884. The molecule has 3 N–H and O–H groups in total. The van der Waals surface area contributed by atoms with Gasteiger partial charge < -0.3 is 20.5 Å². The van der Waals surface area contributed by atoms with Gasteiger partial charge in [0.1, 0.15) is 0 Å². The molecule has 0 aliphatic heterocycles. The van der Waals surface area contributed by atoms with E-state index in [0.717, 1.165) is 6.54 Å². The smallest absolute Gasteiger partial charge is 0.0823 e. The molecule has 0 spiro atoms. The van der Waals surface area contributed by atoms with Crippen LogP contribution < -0.4 is 5.73 Å². The molecule has 0 aromatic heterocycles. The Hall–Kier alpha value is -0.160. The van der Waals surface area contributed by atoms with Gasteiger partial charge in [-0.05, 0) is 27.8 Å². The van der Waals surface area contributed by atoms with E-state index in [1.54, 1.807) is 13.8 Å². The Bertz CT molecular complexity index is 146. The van der Waals surface area contributed by atoms with Crippen molar-refractivity contribution in [2.45, 2.75) is 32.5 Å². The number of rotatable bonds is 7. The summed E-state index contributed by atoms with van der Waals surface area (Å²) in [5.74, 6) is 0. The monoisotopic (exact) mass is 204 g/mol. The van der Waals surface area contributed by atoms with E-state index in [2.05, 4.69) is 0 Å². The molecule has 0 aromatic carbocycles. The van der Waals surface area contributed by atoms with Gasteiger partial charge in [0, 0.05) is 26.2 Å². The van der Waals surface area contributed by atoms with E-state index in [4.69, 9.17) is 10.5 Å². The number of nitrogens with two attached hydrogens (primary N) is 1. The second-order valence-electron chi connectivity index (χ2n) is 4.32. The van der Waals surface area contributed by atoms with E-state index in [-0.39, 0.29) is 6.10 Å². The van der Waals surface area contributed by atoms with Crippen molar-refractivity contribution in [3.8, 4) is 0 Å². The van der Waals surface area contributed by atoms with Gasteiger partial charge in [0.2, 0.25) is 0 Å². The van der Waals surface area contributed by atoms with Crippen LogP contribution in [0, 0.1) is 0 Å². The molecule has 0 rings (SSSR count). The predicted octanol–water partition coefficient (Wildman–Crippen LogP) is 0.0529. The van der Waals surface area contributed by atoms with Crippen LogP contribution >= 0.6 is 0 Å². The van der Waals surface area contributed by atoms with Crippen LogP contribution in [0.5, 0.6) is 0 Å². The van der Waals surface area contributed by atoms with Gasteiger partial charge in [0.05, 0.1) is 11.7 Å². The lowest BCUT2D eigenvalue weighted by Crippen LogP contribution is -2.42. The minimum absolute atomic E-state index is 0.0624. The molecule has 86 valence electrons. The minimum atomic E-state index is -0.667. The molecular formula is C10H24N2O2. The van der Waals surface area contributed by atoms with Crippen molar-refractivity contribution in [2.75, 3.05) is 33.3 Å². The highest BCUT2D eigenvalue weighted by atomic mass is 16.5. The zero-order valence-electron chi connectivity index (χ0n) is 9.79. The van der Waals surface area contributed by atoms with Crippen molar-refractivity contribution >= 4 is 0 Å². The molecule has 0 saturated carbocycles. The van der Waals surface area contributed by atoms with Crippen molar-refractivity contribution in [2.24, 2.45) is 5.73 Å². The molecule has 14 heavy (non-hydrogen) atoms. The fourth-order valence-corrected chi connectivity index (χ4v) is 1.50. The number of hydrogen-bond donors (Lipinski definition) is 2. The zero-order chi connectivity index (χ0) is 11.2. The maximum absolute atomic E-state index is 9.59. The third-order valence-corrected chi connectivity index (χ3v) is 1.84. The van der Waals surface area contributed by atoms with Crippen LogP contribution in [-0.2, 0) is 4.74 Å². The van der Waals surface area contributed by atoms with Crippen LogP contribution in [0.3, 0.4) is 0 Å². The summed E-state index contributed by atoms with van der Waals surface area (Å²) in [7, 11) is 1.96. The Morgan fingerprint density at radius 1 is 1.50 bits per heavy atom. The second-order valence-corrected chi connectivity index (χ2v) is 4.32. The van der Waals surface area contributed by atoms with E-state index in [1.807, 2.05) is 18.9 Å². The normalized spacial score (nSPS) is 14.8. The minimum Gasteiger partial charge on any atom is -0.389 e. The summed E-state index contributed by atoms with van der Waals surface area (Å²) in [6, 6.07) is 0. The fraction of sp³-hybridized carbons (Fsp3) is 1.00. The zero-order valence-corrected chi connectivity index (χ0v) is 9.79. The van der Waals surface area contributed by atoms with E-state index < -0.39 is 5.60 Å². The van der Waals surface area contributed by atoms with Gasteiger partial charge in [-0.25, -0.2) is 0 Å². The number of likely N-dealkylation sites (N-methyl/N-ethyl adjacent to an activating group) is 1. The fourth-order valence-electron chi connectivity index (χ4n) is 1.50. The summed E-state index contributed by atoms with van der Waals surface area (Å²) in [5.41, 5.74) is 4.89. The highest BCUT2D eigenvalue weighted by Gasteiger charge is 2.17. The molecule has 0 fully saturated rings. The highest BCUT2D eigenvalue weighted by molar-refractivity contribution is 4.72. The second kappa shape index (κ2) is 6.35. The Labute approximate surface area is 87.0 Å². The maximum atomic E-state index is 9.59. The van der Waals surface area contributed by atoms with E-state index in [9.17, 15) is 5.11 Å². The van der Waals surface area contributed by atoms with Crippen molar-refractivity contribution in [1.82, 2.24) is 4.90 Å². The first-order valence-electron chi connectivity index (χ1n) is 5.11. The number of aliphatic hydroxyl groups is 1. The summed E-state index contributed by atoms with van der Waals surface area (Å²) >= 11 is 0. The first-order valence-corrected chi connectivity index (χ1v) is 5.11. The molecule has 0 aliphatic rings. The topological polar surface area (TPSA) is 58.7 Å². The summed E-state index contributed by atoms with van der Waals surface area (Å²) in [6.07, 6.45) is 0.0624. The SMILES string of the molecule is CCOC(CN)CN(C)CC(C)(C)O. The molecule has 0 aromatic rings. The molecule has 0 saturated heterocycles. The molecule has 0 radical (unpaired) electrons. The van der Waals surface area contributed by atoms with Crippen molar-refractivity contribution in [1.29, 1.82) is 0 Å². The van der Waals surface area contributed by atoms with Gasteiger partial charge in [-0.15, -0.1) is 0 Å². The molecule has 1 unspecified atom stereocenters. The molecule has 0 bridgehead atoms. The lowest BCUT2D eigenvalue weighted by atomic mass is 10.1. The van der Waals surface area contributed by atoms with Crippen LogP contribution in [0.2, 0.25) is 0 Å². The Morgan fingerprint density at radius 3 is 2.43 bits per heavy atom. The van der Waals surface area contributed by atoms with Gasteiger partial charge in [0.25, 0.3) is 0 Å². The standard InChI is InChI=1S/C10H24N2O2/c1-5-14-9(6-11)7-12(4)8-10(2,3)13/h9,13H,5-8,11H2,1-4H3. The van der Waals surface area contributed by atoms with Crippen LogP contribution in [0.25, 0.3) is 0 Å². The van der Waals surface area contributed by atoms with E-state index in [1.165, 1.54) is 0 Å². The number of ether oxygens (including phenoxy) is 1. The summed E-state index contributed by atoms with van der Waals surface area (Å²) in [6.45, 7) is 8.12. The average Bonchev–Trinajstić information content (AvgIpc) is 2.00. The van der Waals surface area contributed by atoms with Gasteiger partial charge in [-0.1, -0.05) is 0 Å². The van der Waals surface area contributed by atoms with Gasteiger partial charge in [-0.3, -0.25) is 0 Å². The molecule has 0 heterocycles. The molecule has 0 aliphatic carbocycles. The van der Waals surface area contributed by atoms with Crippen LogP contribution in [-0.4, -0.2) is 55.0 Å². The third kappa shape index (κ3) is 7.26. The Balaban J connectivity index is 3.84. The number of hydrogen-bond acceptors (Lipinski definition) is 4. The summed E-state index contributed by atoms with van der Waals surface area (Å²) in [5, 5.41) is 9.59. The molecular weight excluding hydrogens is 180 g/mol. The summed E-state index contributed by atoms with van der Waals surface area (Å²) in [4.78, 5) is 2.03. The van der Waals surface area contributed by atoms with Crippen LogP contribution in [0.1, 0.15) is 20.8 Å². The van der Waals surface area contributed by atoms with Crippen LogP contribution in [0.15, 0.2) is 0 Å². The third-order valence-electron chi connectivity index (χ3n) is 1.84. The van der Waals surface area contributed by atoms with E-state index in [0.29, 0.717) is 19.7 Å². The summed E-state index contributed by atoms with van der Waals surface area (Å²) < 4.78 is 5.43. The first-order chi connectivity index (χ1) is 6.39. The van der Waals surface area contributed by atoms with Gasteiger partial charge in [0.15, 0.2) is 0 Å². The van der Waals surface area contributed by atoms with Crippen molar-refractivity contribution < 1.29 is 9.84 Å². The Kier molecular flexibility index (Phi) is 6.27. The molecule has 4 nitrogen and oxygen atoms in total. The predicted molar refractivity (Wildman–Crippen MR) is 58.3 cm³/mol. The van der Waals surface area contributed by atoms with Crippen LogP contribution in [0.4, 0.5) is 0 Å². The van der Waals surface area contributed by atoms with Gasteiger partial charge >= 0.3 is 0 Å². The molecule has 4 heteroatoms. The Morgan fingerprint density at radius 2 is 2.07 bits per heavy atom. The number of nitrogens with zero attached hydrogens (tertiary/aromatic N) is 1. The van der Waals surface area contributed by atoms with Crippen molar-refractivity contribution in [3.05, 3.63) is 0 Å².